The van der Waals surface area contributed by atoms with Crippen molar-refractivity contribution < 1.29 is 4.79 Å². The van der Waals surface area contributed by atoms with Gasteiger partial charge < -0.3 is 5.32 Å². The first-order valence-electron chi connectivity index (χ1n) is 9.19. The highest BCUT2D eigenvalue weighted by molar-refractivity contribution is 7.98. The van der Waals surface area contributed by atoms with Crippen molar-refractivity contribution in [1.82, 2.24) is 5.32 Å². The molecule has 0 unspecified atom stereocenters. The minimum Gasteiger partial charge on any atom is -0.355 e. The van der Waals surface area contributed by atoms with Crippen molar-refractivity contribution in [3.63, 3.8) is 0 Å². The molecule has 0 fully saturated rings. The third-order valence-corrected chi connectivity index (χ3v) is 5.75. The fraction of sp³-hybridized carbons (Fsp3) is 0.364. The van der Waals surface area contributed by atoms with Gasteiger partial charge in [0, 0.05) is 18.1 Å². The van der Waals surface area contributed by atoms with Crippen molar-refractivity contribution in [2.24, 2.45) is 0 Å². The topological polar surface area (TPSA) is 52.9 Å². The molecule has 2 aromatic rings. The van der Waals surface area contributed by atoms with Crippen molar-refractivity contribution in [2.75, 3.05) is 12.3 Å². The second-order valence-corrected chi connectivity index (χ2v) is 7.76. The summed E-state index contributed by atoms with van der Waals surface area (Å²) in [5, 5.41) is 12.1. The molecule has 0 aromatic heterocycles. The Morgan fingerprint density at radius 1 is 1.12 bits per heavy atom. The van der Waals surface area contributed by atoms with Crippen LogP contribution in [-0.4, -0.2) is 18.2 Å². The molecule has 3 rings (SSSR count). The fourth-order valence-electron chi connectivity index (χ4n) is 3.34. The first kappa shape index (κ1) is 18.5. The van der Waals surface area contributed by atoms with Crippen LogP contribution in [0.15, 0.2) is 42.5 Å². The Morgan fingerprint density at radius 2 is 1.92 bits per heavy atom. The second-order valence-electron chi connectivity index (χ2n) is 6.66. The molecule has 1 amide bonds. The van der Waals surface area contributed by atoms with E-state index in [-0.39, 0.29) is 5.91 Å². The van der Waals surface area contributed by atoms with Gasteiger partial charge in [-0.05, 0) is 54.0 Å². The molecule has 0 spiro atoms. The lowest BCUT2D eigenvalue weighted by Gasteiger charge is -2.16. The molecular formula is C22H24N2OS. The number of carbonyl (C=O) groups is 1. The normalized spacial score (nSPS) is 12.9. The molecule has 3 nitrogen and oxygen atoms in total. The maximum Gasteiger partial charge on any atom is 0.224 e. The zero-order valence-electron chi connectivity index (χ0n) is 15.0. The van der Waals surface area contributed by atoms with E-state index in [0.717, 1.165) is 34.6 Å². The summed E-state index contributed by atoms with van der Waals surface area (Å²) in [4.78, 5) is 12.2. The molecule has 0 bridgehead atoms. The van der Waals surface area contributed by atoms with E-state index in [9.17, 15) is 4.79 Å². The van der Waals surface area contributed by atoms with E-state index in [1.54, 1.807) is 11.8 Å². The summed E-state index contributed by atoms with van der Waals surface area (Å²) in [5.41, 5.74) is 5.78. The molecule has 0 heterocycles. The van der Waals surface area contributed by atoms with E-state index in [4.69, 9.17) is 5.26 Å². The molecule has 1 aliphatic carbocycles. The van der Waals surface area contributed by atoms with Crippen LogP contribution in [0, 0.1) is 11.3 Å². The average Bonchev–Trinajstić information content (AvgIpc) is 2.68. The van der Waals surface area contributed by atoms with E-state index in [0.29, 0.717) is 13.0 Å². The molecule has 134 valence electrons. The zero-order valence-corrected chi connectivity index (χ0v) is 15.8. The number of nitrogens with one attached hydrogen (secondary N) is 1. The van der Waals surface area contributed by atoms with Gasteiger partial charge in [-0.25, -0.2) is 0 Å². The fourth-order valence-corrected chi connectivity index (χ4v) is 4.21. The number of carbonyl (C=O) groups excluding carboxylic acids is 1. The van der Waals surface area contributed by atoms with Gasteiger partial charge >= 0.3 is 0 Å². The van der Waals surface area contributed by atoms with Gasteiger partial charge in [0.15, 0.2) is 0 Å². The molecule has 0 saturated carbocycles. The number of amides is 1. The van der Waals surface area contributed by atoms with Crippen molar-refractivity contribution in [3.05, 3.63) is 70.3 Å². The summed E-state index contributed by atoms with van der Waals surface area (Å²) in [7, 11) is 0. The molecule has 0 radical (unpaired) electrons. The SMILES string of the molecule is N#Cc1ccccc1CSCCNC(=O)Cc1ccc2c(c1)CCCC2. The van der Waals surface area contributed by atoms with Crippen LogP contribution in [0.25, 0.3) is 0 Å². The molecule has 4 heteroatoms. The highest BCUT2D eigenvalue weighted by Crippen LogP contribution is 2.22. The minimum absolute atomic E-state index is 0.0822. The Balaban J connectivity index is 1.39. The Bertz CT molecular complexity index is 810. The number of nitriles is 1. The van der Waals surface area contributed by atoms with Gasteiger partial charge in [0.2, 0.25) is 5.91 Å². The van der Waals surface area contributed by atoms with Gasteiger partial charge in [-0.1, -0.05) is 36.4 Å². The van der Waals surface area contributed by atoms with Crippen LogP contribution in [0.3, 0.4) is 0 Å². The highest BCUT2D eigenvalue weighted by Gasteiger charge is 2.11. The van der Waals surface area contributed by atoms with Gasteiger partial charge in [0.25, 0.3) is 0 Å². The van der Waals surface area contributed by atoms with E-state index < -0.39 is 0 Å². The number of nitrogens with zero attached hydrogens (tertiary/aromatic N) is 1. The highest BCUT2D eigenvalue weighted by atomic mass is 32.2. The average molecular weight is 365 g/mol. The largest absolute Gasteiger partial charge is 0.355 e. The van der Waals surface area contributed by atoms with Crippen LogP contribution in [0.1, 0.15) is 40.7 Å². The molecule has 1 N–H and O–H groups in total. The zero-order chi connectivity index (χ0) is 18.2. The monoisotopic (exact) mass is 364 g/mol. The minimum atomic E-state index is 0.0822. The Morgan fingerprint density at radius 3 is 2.77 bits per heavy atom. The van der Waals surface area contributed by atoms with Crippen molar-refractivity contribution in [3.8, 4) is 6.07 Å². The van der Waals surface area contributed by atoms with Crippen LogP contribution in [0.4, 0.5) is 0 Å². The van der Waals surface area contributed by atoms with E-state index in [2.05, 4.69) is 29.6 Å². The quantitative estimate of drug-likeness (QED) is 0.755. The van der Waals surface area contributed by atoms with Crippen LogP contribution in [0.2, 0.25) is 0 Å². The van der Waals surface area contributed by atoms with Gasteiger partial charge in [-0.2, -0.15) is 17.0 Å². The maximum absolute atomic E-state index is 12.2. The summed E-state index contributed by atoms with van der Waals surface area (Å²) in [6.07, 6.45) is 5.31. The summed E-state index contributed by atoms with van der Waals surface area (Å²) >= 11 is 1.74. The molecule has 0 atom stereocenters. The summed E-state index contributed by atoms with van der Waals surface area (Å²) in [5.74, 6) is 1.72. The van der Waals surface area contributed by atoms with Crippen molar-refractivity contribution in [1.29, 1.82) is 5.26 Å². The number of thioether (sulfide) groups is 1. The lowest BCUT2D eigenvalue weighted by Crippen LogP contribution is -2.27. The maximum atomic E-state index is 12.2. The van der Waals surface area contributed by atoms with Gasteiger partial charge in [-0.15, -0.1) is 0 Å². The van der Waals surface area contributed by atoms with E-state index in [1.165, 1.54) is 30.4 Å². The lowest BCUT2D eigenvalue weighted by molar-refractivity contribution is -0.120. The van der Waals surface area contributed by atoms with Crippen molar-refractivity contribution in [2.45, 2.75) is 37.9 Å². The smallest absolute Gasteiger partial charge is 0.224 e. The first-order valence-corrected chi connectivity index (χ1v) is 10.3. The standard InChI is InChI=1S/C22H24N2OS/c23-15-20-7-3-4-8-21(20)16-26-12-11-24-22(25)14-17-9-10-18-5-1-2-6-19(18)13-17/h3-4,7-10,13H,1-2,5-6,11-12,14,16H2,(H,24,25). The van der Waals surface area contributed by atoms with E-state index in [1.807, 2.05) is 24.3 Å². The number of rotatable bonds is 7. The predicted octanol–water partition coefficient (Wildman–Crippen LogP) is 4.03. The molecule has 0 aliphatic heterocycles. The Kier molecular flexibility index (Phi) is 6.74. The van der Waals surface area contributed by atoms with E-state index >= 15 is 0 Å². The number of aryl methyl sites for hydroxylation is 2. The molecular weight excluding hydrogens is 340 g/mol. The third kappa shape index (κ3) is 5.12. The summed E-state index contributed by atoms with van der Waals surface area (Å²) in [6, 6.07) is 16.4. The summed E-state index contributed by atoms with van der Waals surface area (Å²) < 4.78 is 0. The van der Waals surface area contributed by atoms with Crippen molar-refractivity contribution >= 4 is 17.7 Å². The molecule has 0 saturated heterocycles. The first-order chi connectivity index (χ1) is 12.8. The molecule has 2 aromatic carbocycles. The number of hydrogen-bond acceptors (Lipinski definition) is 3. The molecule has 1 aliphatic rings. The predicted molar refractivity (Wildman–Crippen MR) is 107 cm³/mol. The number of fused-ring (bicyclic) bond motifs is 1. The molecule has 26 heavy (non-hydrogen) atoms. The van der Waals surface area contributed by atoms with Crippen LogP contribution in [0.5, 0.6) is 0 Å². The lowest BCUT2D eigenvalue weighted by atomic mass is 9.90. The third-order valence-electron chi connectivity index (χ3n) is 4.74. The van der Waals surface area contributed by atoms with Gasteiger partial charge in [0.1, 0.15) is 0 Å². The van der Waals surface area contributed by atoms with Crippen LogP contribution in [-0.2, 0) is 29.8 Å². The van der Waals surface area contributed by atoms with Gasteiger partial charge in [-0.3, -0.25) is 4.79 Å². The Hall–Kier alpha value is -2.25. The number of hydrogen-bond donors (Lipinski definition) is 1. The second kappa shape index (κ2) is 9.45. The van der Waals surface area contributed by atoms with Gasteiger partial charge in [0.05, 0.1) is 18.1 Å². The summed E-state index contributed by atoms with van der Waals surface area (Å²) in [6.45, 7) is 0.656. The van der Waals surface area contributed by atoms with Crippen LogP contribution < -0.4 is 5.32 Å². The Labute approximate surface area is 159 Å². The van der Waals surface area contributed by atoms with Crippen LogP contribution >= 0.6 is 11.8 Å². The number of benzene rings is 2.